The summed E-state index contributed by atoms with van der Waals surface area (Å²) in [4.78, 5) is 0. The number of aliphatic hydroxyl groups is 1. The molecule has 1 aromatic rings. The van der Waals surface area contributed by atoms with E-state index in [4.69, 9.17) is 21.1 Å². The van der Waals surface area contributed by atoms with Crippen molar-refractivity contribution < 1.29 is 19.9 Å². The Hall–Kier alpha value is -0.970. The number of methoxy groups -OCH3 is 2. The largest absolute Gasteiger partial charge is 0.493 e. The first-order valence-corrected chi connectivity index (χ1v) is 6.17. The third kappa shape index (κ3) is 3.77. The highest BCUT2D eigenvalue weighted by molar-refractivity contribution is 6.32. The van der Waals surface area contributed by atoms with Crippen molar-refractivity contribution in [2.24, 2.45) is 0 Å². The van der Waals surface area contributed by atoms with E-state index in [9.17, 15) is 5.11 Å². The monoisotopic (exact) mass is 274 g/mol. The molecule has 0 saturated heterocycles. The molecule has 0 bridgehead atoms. The quantitative estimate of drug-likeness (QED) is 0.819. The van der Waals surface area contributed by atoms with Crippen molar-refractivity contribution in [3.63, 3.8) is 0 Å². The summed E-state index contributed by atoms with van der Waals surface area (Å²) in [5.41, 5.74) is 0.818. The highest BCUT2D eigenvalue weighted by Crippen LogP contribution is 2.35. The fourth-order valence-electron chi connectivity index (χ4n) is 1.55. The van der Waals surface area contributed by atoms with E-state index in [1.54, 1.807) is 14.2 Å². The van der Waals surface area contributed by atoms with Gasteiger partial charge < -0.3 is 19.9 Å². The number of benzene rings is 1. The fraction of sp³-hybridized carbons (Fsp3) is 0.538. The first-order valence-electron chi connectivity index (χ1n) is 5.79. The lowest BCUT2D eigenvalue weighted by molar-refractivity contribution is -0.736. The smallest absolute Gasteiger partial charge is 0.179 e. The number of quaternary nitrogens is 1. The van der Waals surface area contributed by atoms with Crippen molar-refractivity contribution in [2.45, 2.75) is 25.9 Å². The van der Waals surface area contributed by atoms with Crippen molar-refractivity contribution in [2.75, 3.05) is 20.8 Å². The van der Waals surface area contributed by atoms with Gasteiger partial charge in [0.05, 0.1) is 25.8 Å². The van der Waals surface area contributed by atoms with Gasteiger partial charge in [0.15, 0.2) is 11.5 Å². The minimum absolute atomic E-state index is 0.119. The molecule has 18 heavy (non-hydrogen) atoms. The topological polar surface area (TPSA) is 55.3 Å². The van der Waals surface area contributed by atoms with E-state index in [1.807, 2.05) is 26.0 Å². The van der Waals surface area contributed by atoms with Crippen LogP contribution in [-0.2, 0) is 6.54 Å². The Kier molecular flexibility index (Phi) is 5.26. The Balaban J connectivity index is 2.88. The van der Waals surface area contributed by atoms with Crippen LogP contribution in [0.25, 0.3) is 0 Å². The highest BCUT2D eigenvalue weighted by Gasteiger charge is 2.20. The van der Waals surface area contributed by atoms with E-state index in [-0.39, 0.29) is 12.1 Å². The Morgan fingerprint density at radius 1 is 1.28 bits per heavy atom. The minimum Gasteiger partial charge on any atom is -0.493 e. The number of ether oxygens (including phenoxy) is 2. The van der Waals surface area contributed by atoms with Crippen molar-refractivity contribution >= 4 is 11.6 Å². The molecule has 0 atom stereocenters. The zero-order valence-electron chi connectivity index (χ0n) is 11.3. The molecule has 0 spiro atoms. The number of hydrogen-bond acceptors (Lipinski definition) is 3. The van der Waals surface area contributed by atoms with Crippen LogP contribution in [0.1, 0.15) is 19.4 Å². The summed E-state index contributed by atoms with van der Waals surface area (Å²) in [7, 11) is 3.14. The molecule has 5 heteroatoms. The standard InChI is InChI=1S/C13H20ClNO3/c1-13(2,8-16)15-7-9-5-10(14)12(18-4)11(6-9)17-3/h5-6,15-16H,7-8H2,1-4H3/p+1. The molecule has 0 aliphatic carbocycles. The van der Waals surface area contributed by atoms with Gasteiger partial charge in [-0.05, 0) is 26.0 Å². The predicted octanol–water partition coefficient (Wildman–Crippen LogP) is 1.19. The molecule has 0 saturated carbocycles. The van der Waals surface area contributed by atoms with Crippen LogP contribution < -0.4 is 14.8 Å². The number of hydrogen-bond donors (Lipinski definition) is 2. The summed E-state index contributed by atoms with van der Waals surface area (Å²) < 4.78 is 10.4. The van der Waals surface area contributed by atoms with Crippen LogP contribution >= 0.6 is 11.6 Å². The molecule has 1 aromatic carbocycles. The molecule has 0 aliphatic rings. The molecule has 1 rings (SSSR count). The molecular weight excluding hydrogens is 254 g/mol. The van der Waals surface area contributed by atoms with Crippen LogP contribution in [0.15, 0.2) is 12.1 Å². The first kappa shape index (κ1) is 15.1. The van der Waals surface area contributed by atoms with Crippen LogP contribution in [0.4, 0.5) is 0 Å². The Bertz CT molecular complexity index is 407. The fourth-order valence-corrected chi connectivity index (χ4v) is 1.86. The van der Waals surface area contributed by atoms with E-state index in [1.165, 1.54) is 0 Å². The van der Waals surface area contributed by atoms with Gasteiger partial charge in [0.25, 0.3) is 0 Å². The summed E-state index contributed by atoms with van der Waals surface area (Å²) in [6, 6.07) is 3.75. The van der Waals surface area contributed by atoms with E-state index in [2.05, 4.69) is 5.32 Å². The predicted molar refractivity (Wildman–Crippen MR) is 71.4 cm³/mol. The Morgan fingerprint density at radius 3 is 2.44 bits per heavy atom. The Morgan fingerprint density at radius 2 is 1.94 bits per heavy atom. The second kappa shape index (κ2) is 6.27. The van der Waals surface area contributed by atoms with Crippen molar-refractivity contribution in [1.29, 1.82) is 0 Å². The summed E-state index contributed by atoms with van der Waals surface area (Å²) in [5, 5.41) is 11.8. The lowest BCUT2D eigenvalue weighted by Gasteiger charge is -2.20. The average molecular weight is 275 g/mol. The van der Waals surface area contributed by atoms with Crippen molar-refractivity contribution in [3.05, 3.63) is 22.7 Å². The van der Waals surface area contributed by atoms with Gasteiger partial charge in [-0.15, -0.1) is 0 Å². The van der Waals surface area contributed by atoms with Crippen LogP contribution in [0.2, 0.25) is 5.02 Å². The second-order valence-corrected chi connectivity index (χ2v) is 5.28. The molecule has 0 fully saturated rings. The summed E-state index contributed by atoms with van der Waals surface area (Å²) >= 11 is 6.13. The van der Waals surface area contributed by atoms with Crippen LogP contribution in [-0.4, -0.2) is 31.5 Å². The normalized spacial score (nSPS) is 11.4. The second-order valence-electron chi connectivity index (χ2n) is 4.87. The van der Waals surface area contributed by atoms with Gasteiger partial charge >= 0.3 is 0 Å². The number of aliphatic hydroxyl groups excluding tert-OH is 1. The highest BCUT2D eigenvalue weighted by atomic mass is 35.5. The zero-order valence-corrected chi connectivity index (χ0v) is 12.0. The number of halogens is 1. The SMILES string of the molecule is COc1cc(C[NH2+]C(C)(C)CO)cc(Cl)c1OC. The summed E-state index contributed by atoms with van der Waals surface area (Å²) in [5.74, 6) is 1.17. The van der Waals surface area contributed by atoms with Gasteiger partial charge in [0.2, 0.25) is 0 Å². The van der Waals surface area contributed by atoms with Gasteiger partial charge in [0.1, 0.15) is 12.1 Å². The molecule has 0 heterocycles. The van der Waals surface area contributed by atoms with Gasteiger partial charge in [-0.2, -0.15) is 0 Å². The first-order chi connectivity index (χ1) is 8.43. The number of nitrogens with two attached hydrogens (primary N) is 1. The van der Waals surface area contributed by atoms with Crippen LogP contribution in [0.3, 0.4) is 0 Å². The van der Waals surface area contributed by atoms with E-state index in [0.29, 0.717) is 23.1 Å². The summed E-state index contributed by atoms with van der Waals surface area (Å²) in [6.45, 7) is 4.80. The number of rotatable bonds is 6. The van der Waals surface area contributed by atoms with Gasteiger partial charge in [0, 0.05) is 5.56 Å². The lowest BCUT2D eigenvalue weighted by Crippen LogP contribution is -2.95. The molecular formula is C13H21ClNO3+. The molecule has 0 aromatic heterocycles. The third-order valence-corrected chi connectivity index (χ3v) is 3.07. The maximum Gasteiger partial charge on any atom is 0.179 e. The molecule has 3 N–H and O–H groups in total. The molecule has 0 radical (unpaired) electrons. The molecule has 4 nitrogen and oxygen atoms in total. The Labute approximate surface area is 113 Å². The minimum atomic E-state index is -0.209. The van der Waals surface area contributed by atoms with E-state index < -0.39 is 0 Å². The third-order valence-electron chi connectivity index (χ3n) is 2.79. The van der Waals surface area contributed by atoms with Gasteiger partial charge in [-0.25, -0.2) is 0 Å². The van der Waals surface area contributed by atoms with Crippen LogP contribution in [0.5, 0.6) is 11.5 Å². The lowest BCUT2D eigenvalue weighted by atomic mass is 10.1. The maximum atomic E-state index is 9.21. The molecule has 0 amide bonds. The van der Waals surface area contributed by atoms with Crippen molar-refractivity contribution in [1.82, 2.24) is 0 Å². The molecule has 0 aliphatic heterocycles. The molecule has 0 unspecified atom stereocenters. The summed E-state index contributed by atoms with van der Waals surface area (Å²) in [6.07, 6.45) is 0. The van der Waals surface area contributed by atoms with Gasteiger partial charge in [-0.1, -0.05) is 11.6 Å². The van der Waals surface area contributed by atoms with E-state index >= 15 is 0 Å². The van der Waals surface area contributed by atoms with Gasteiger partial charge in [-0.3, -0.25) is 0 Å². The zero-order chi connectivity index (χ0) is 13.8. The average Bonchev–Trinajstić information content (AvgIpc) is 2.35. The van der Waals surface area contributed by atoms with Crippen molar-refractivity contribution in [3.8, 4) is 11.5 Å². The van der Waals surface area contributed by atoms with Crippen LogP contribution in [0, 0.1) is 0 Å². The van der Waals surface area contributed by atoms with E-state index in [0.717, 1.165) is 5.56 Å². The maximum absolute atomic E-state index is 9.21. The molecule has 102 valence electrons.